The van der Waals surface area contributed by atoms with Crippen LogP contribution in [-0.2, 0) is 33.7 Å². The Kier molecular flexibility index (Phi) is 15.9. The summed E-state index contributed by atoms with van der Waals surface area (Å²) in [6.45, 7) is 2.60. The number of carbonyl (C=O) groups is 1. The van der Waals surface area contributed by atoms with Gasteiger partial charge in [0.05, 0.1) is 12.7 Å². The minimum absolute atomic E-state index is 0.00928. The zero-order chi connectivity index (χ0) is 36.4. The third-order valence-electron chi connectivity index (χ3n) is 9.08. The van der Waals surface area contributed by atoms with E-state index < -0.39 is 36.8 Å². The van der Waals surface area contributed by atoms with Crippen LogP contribution in [0.5, 0.6) is 5.75 Å². The van der Waals surface area contributed by atoms with Crippen molar-refractivity contribution in [2.45, 2.75) is 69.4 Å². The summed E-state index contributed by atoms with van der Waals surface area (Å²) >= 11 is 0. The lowest BCUT2D eigenvalue weighted by atomic mass is 10.0. The monoisotopic (exact) mass is 712 g/mol. The van der Waals surface area contributed by atoms with Gasteiger partial charge in [-0.1, -0.05) is 103 Å². The van der Waals surface area contributed by atoms with Crippen LogP contribution in [-0.4, -0.2) is 90.1 Å². The van der Waals surface area contributed by atoms with Crippen LogP contribution in [0.2, 0.25) is 0 Å². The largest absolute Gasteiger partial charge is 0.492 e. The highest BCUT2D eigenvalue weighted by Crippen LogP contribution is 2.29. The minimum atomic E-state index is -1.32. The van der Waals surface area contributed by atoms with Crippen molar-refractivity contribution in [3.8, 4) is 5.75 Å². The number of amides is 1. The van der Waals surface area contributed by atoms with Gasteiger partial charge in [-0.05, 0) is 67.5 Å². The first-order valence-corrected chi connectivity index (χ1v) is 18.2. The standard InChI is InChI=1S/C42H52N2O8/c45-37(39(47)40-38(46)31-50-41(52-40)35-19-8-3-9-20-35)29-44(26-12-18-32-13-4-1-5-14-32)27-28-49-36-23-21-33(22-24-36)15-10-11-25-43-42(48)51-30-34-16-6-2-7-17-34/h1-9,13-14,16-17,19-24,37-41,45-47H,10-12,15,18,25-31H2,(H,43,48)/t37-,38+,39+,40+,41?/m0/s1. The summed E-state index contributed by atoms with van der Waals surface area (Å²) in [5.74, 6) is 0.752. The first kappa shape index (κ1) is 38.9. The normalized spacial score (nSPS) is 18.4. The number of aryl methyl sites for hydroxylation is 2. The highest BCUT2D eigenvalue weighted by Gasteiger charge is 2.39. The molecule has 1 aliphatic heterocycles. The smallest absolute Gasteiger partial charge is 0.407 e. The maximum Gasteiger partial charge on any atom is 0.407 e. The molecule has 0 radical (unpaired) electrons. The van der Waals surface area contributed by atoms with Gasteiger partial charge in [-0.2, -0.15) is 0 Å². The van der Waals surface area contributed by atoms with Gasteiger partial charge in [0.1, 0.15) is 37.3 Å². The molecule has 278 valence electrons. The van der Waals surface area contributed by atoms with Gasteiger partial charge in [-0.3, -0.25) is 4.90 Å². The molecule has 0 bridgehead atoms. The summed E-state index contributed by atoms with van der Waals surface area (Å²) in [5.41, 5.74) is 4.16. The van der Waals surface area contributed by atoms with Gasteiger partial charge in [-0.25, -0.2) is 4.79 Å². The van der Waals surface area contributed by atoms with Gasteiger partial charge in [0, 0.05) is 25.2 Å². The van der Waals surface area contributed by atoms with Gasteiger partial charge < -0.3 is 39.6 Å². The van der Waals surface area contributed by atoms with Crippen molar-refractivity contribution < 1.29 is 39.1 Å². The van der Waals surface area contributed by atoms with Crippen LogP contribution >= 0.6 is 0 Å². The Labute approximate surface area is 306 Å². The molecule has 0 aromatic heterocycles. The number of rotatable bonds is 20. The van der Waals surface area contributed by atoms with Gasteiger partial charge in [0.25, 0.3) is 0 Å². The number of nitrogens with one attached hydrogen (secondary N) is 1. The Morgan fingerprint density at radius 1 is 0.788 bits per heavy atom. The Hall–Kier alpha value is -4.29. The Balaban J connectivity index is 1.05. The third-order valence-corrected chi connectivity index (χ3v) is 9.08. The van der Waals surface area contributed by atoms with E-state index in [1.807, 2.05) is 91.0 Å². The molecule has 5 atom stereocenters. The number of hydrogen-bond donors (Lipinski definition) is 4. The fourth-order valence-electron chi connectivity index (χ4n) is 6.15. The van der Waals surface area contributed by atoms with Gasteiger partial charge in [0.15, 0.2) is 6.29 Å². The second-order valence-corrected chi connectivity index (χ2v) is 13.1. The molecule has 0 spiro atoms. The Bertz CT molecular complexity index is 1560. The van der Waals surface area contributed by atoms with E-state index >= 15 is 0 Å². The van der Waals surface area contributed by atoms with E-state index in [0.29, 0.717) is 26.2 Å². The summed E-state index contributed by atoms with van der Waals surface area (Å²) in [4.78, 5) is 14.0. The predicted octanol–water partition coefficient (Wildman–Crippen LogP) is 5.45. The van der Waals surface area contributed by atoms with Gasteiger partial charge in [0.2, 0.25) is 0 Å². The predicted molar refractivity (Wildman–Crippen MR) is 199 cm³/mol. The van der Waals surface area contributed by atoms with Crippen LogP contribution < -0.4 is 10.1 Å². The highest BCUT2D eigenvalue weighted by molar-refractivity contribution is 5.67. The van der Waals surface area contributed by atoms with Crippen molar-refractivity contribution >= 4 is 6.09 Å². The fourth-order valence-corrected chi connectivity index (χ4v) is 6.15. The van der Waals surface area contributed by atoms with E-state index in [1.165, 1.54) is 11.1 Å². The van der Waals surface area contributed by atoms with Crippen LogP contribution in [0.4, 0.5) is 4.79 Å². The number of alkyl carbamates (subject to hydrolysis) is 1. The van der Waals surface area contributed by atoms with Crippen LogP contribution in [0.1, 0.15) is 47.8 Å². The molecule has 52 heavy (non-hydrogen) atoms. The van der Waals surface area contributed by atoms with E-state index in [0.717, 1.165) is 49.0 Å². The molecule has 1 fully saturated rings. The van der Waals surface area contributed by atoms with Gasteiger partial charge in [-0.15, -0.1) is 0 Å². The molecule has 10 nitrogen and oxygen atoms in total. The van der Waals surface area contributed by atoms with E-state index in [2.05, 4.69) is 34.5 Å². The topological polar surface area (TPSA) is 130 Å². The number of aliphatic hydroxyl groups excluding tert-OH is 3. The van der Waals surface area contributed by atoms with Crippen molar-refractivity contribution in [3.05, 3.63) is 138 Å². The van der Waals surface area contributed by atoms with E-state index in [4.69, 9.17) is 18.9 Å². The molecule has 1 heterocycles. The zero-order valence-corrected chi connectivity index (χ0v) is 29.7. The van der Waals surface area contributed by atoms with Crippen molar-refractivity contribution in [2.24, 2.45) is 0 Å². The Morgan fingerprint density at radius 2 is 1.42 bits per heavy atom. The van der Waals surface area contributed by atoms with E-state index in [9.17, 15) is 20.1 Å². The third kappa shape index (κ3) is 13.0. The molecule has 1 aliphatic rings. The maximum absolute atomic E-state index is 11.9. The molecule has 10 heteroatoms. The summed E-state index contributed by atoms with van der Waals surface area (Å²) < 4.78 is 23.0. The van der Waals surface area contributed by atoms with Crippen LogP contribution in [0.25, 0.3) is 0 Å². The molecule has 4 N–H and O–H groups in total. The lowest BCUT2D eigenvalue weighted by molar-refractivity contribution is -0.283. The SMILES string of the molecule is O=C(NCCCCc1ccc(OCCN(CCCc2ccccc2)C[C@H](O)[C@@H](O)[C@@H]2OC(c3ccccc3)OC[C@H]2O)cc1)OCc1ccccc1. The summed E-state index contributed by atoms with van der Waals surface area (Å²) in [7, 11) is 0. The summed E-state index contributed by atoms with van der Waals surface area (Å²) in [5, 5.41) is 35.8. The second kappa shape index (κ2) is 21.3. The van der Waals surface area contributed by atoms with Crippen molar-refractivity contribution in [3.63, 3.8) is 0 Å². The average molecular weight is 713 g/mol. The van der Waals surface area contributed by atoms with Crippen molar-refractivity contribution in [1.82, 2.24) is 10.2 Å². The number of ether oxygens (including phenoxy) is 4. The number of carbonyl (C=O) groups excluding carboxylic acids is 1. The number of unbranched alkanes of at least 4 members (excludes halogenated alkanes) is 1. The molecular weight excluding hydrogens is 660 g/mol. The molecule has 1 saturated heterocycles. The molecular formula is C42H52N2O8. The number of hydrogen-bond acceptors (Lipinski definition) is 9. The molecule has 0 saturated carbocycles. The van der Waals surface area contributed by atoms with Crippen LogP contribution in [0.3, 0.4) is 0 Å². The van der Waals surface area contributed by atoms with E-state index in [-0.39, 0.29) is 19.8 Å². The van der Waals surface area contributed by atoms with Crippen LogP contribution in [0.15, 0.2) is 115 Å². The quantitative estimate of drug-likeness (QED) is 0.0885. The lowest BCUT2D eigenvalue weighted by Gasteiger charge is -2.38. The van der Waals surface area contributed by atoms with Crippen molar-refractivity contribution in [1.29, 1.82) is 0 Å². The second-order valence-electron chi connectivity index (χ2n) is 13.1. The molecule has 5 rings (SSSR count). The van der Waals surface area contributed by atoms with Crippen molar-refractivity contribution in [2.75, 3.05) is 39.4 Å². The first-order valence-electron chi connectivity index (χ1n) is 18.2. The zero-order valence-electron chi connectivity index (χ0n) is 29.7. The summed E-state index contributed by atoms with van der Waals surface area (Å²) in [6.07, 6.45) is -1.33. The molecule has 4 aromatic rings. The van der Waals surface area contributed by atoms with E-state index in [1.54, 1.807) is 0 Å². The molecule has 0 aliphatic carbocycles. The maximum atomic E-state index is 11.9. The average Bonchev–Trinajstić information content (AvgIpc) is 3.18. The minimum Gasteiger partial charge on any atom is -0.492 e. The molecule has 1 amide bonds. The first-order chi connectivity index (χ1) is 25.4. The fraction of sp³-hybridized carbons (Fsp3) is 0.405. The molecule has 1 unspecified atom stereocenters. The lowest BCUT2D eigenvalue weighted by Crippen LogP contribution is -2.54. The number of nitrogens with zero attached hydrogens (tertiary/aromatic N) is 1. The summed E-state index contributed by atoms with van der Waals surface area (Å²) in [6, 6.07) is 37.2. The number of benzene rings is 4. The van der Waals surface area contributed by atoms with Gasteiger partial charge >= 0.3 is 6.09 Å². The number of aliphatic hydroxyl groups is 3. The van der Waals surface area contributed by atoms with Crippen LogP contribution in [0, 0.1) is 0 Å². The highest BCUT2D eigenvalue weighted by atomic mass is 16.7. The Morgan fingerprint density at radius 3 is 2.13 bits per heavy atom. The molecule has 4 aromatic carbocycles.